The van der Waals surface area contributed by atoms with Crippen LogP contribution in [-0.2, 0) is 19.2 Å². The van der Waals surface area contributed by atoms with Gasteiger partial charge in [0.1, 0.15) is 6.04 Å². The molecule has 2 amide bonds. The first kappa shape index (κ1) is 12.3. The third-order valence-electron chi connectivity index (χ3n) is 3.04. The van der Waals surface area contributed by atoms with Gasteiger partial charge in [-0.15, -0.1) is 0 Å². The molecule has 6 heteroatoms. The Bertz CT molecular complexity index is 289. The molecule has 2 aliphatic heterocycles. The third kappa shape index (κ3) is 3.67. The largest absolute Gasteiger partial charge is 0.381 e. The maximum absolute atomic E-state index is 11.7. The average Bonchev–Trinajstić information content (AvgIpc) is 2.37. The fourth-order valence-electron chi connectivity index (χ4n) is 2.01. The number of hydroxylamine groups is 1. The molecule has 0 aromatic rings. The Morgan fingerprint density at radius 2 is 2.12 bits per heavy atom. The molecule has 2 fully saturated rings. The van der Waals surface area contributed by atoms with Gasteiger partial charge in [0.15, 0.2) is 0 Å². The number of hydrogen-bond donors (Lipinski definition) is 2. The van der Waals surface area contributed by atoms with E-state index in [1.807, 2.05) is 0 Å². The van der Waals surface area contributed by atoms with E-state index in [1.165, 1.54) is 0 Å². The zero-order valence-corrected chi connectivity index (χ0v) is 9.74. The first-order valence-corrected chi connectivity index (χ1v) is 6.08. The molecule has 1 atom stereocenters. The number of nitrogens with one attached hydrogen (secondary N) is 2. The number of carbonyl (C=O) groups is 2. The summed E-state index contributed by atoms with van der Waals surface area (Å²) in [6.45, 7) is 1.33. The SMILES string of the molecule is O=C1CCC[C@H](C(=O)NOC2CCOCC2)N1. The van der Waals surface area contributed by atoms with Crippen LogP contribution in [0.4, 0.5) is 0 Å². The molecule has 2 heterocycles. The maximum atomic E-state index is 11.7. The van der Waals surface area contributed by atoms with E-state index in [9.17, 15) is 9.59 Å². The lowest BCUT2D eigenvalue weighted by atomic mass is 10.0. The summed E-state index contributed by atoms with van der Waals surface area (Å²) in [5.41, 5.74) is 2.43. The van der Waals surface area contributed by atoms with Gasteiger partial charge < -0.3 is 10.1 Å². The van der Waals surface area contributed by atoms with E-state index < -0.39 is 6.04 Å². The molecule has 0 unspecified atom stereocenters. The Balaban J connectivity index is 1.70. The number of carbonyl (C=O) groups excluding carboxylic acids is 2. The smallest absolute Gasteiger partial charge is 0.266 e. The second kappa shape index (κ2) is 5.97. The molecule has 2 rings (SSSR count). The lowest BCUT2D eigenvalue weighted by Crippen LogP contribution is -2.49. The summed E-state index contributed by atoms with van der Waals surface area (Å²) in [4.78, 5) is 28.1. The van der Waals surface area contributed by atoms with Gasteiger partial charge in [0.2, 0.25) is 5.91 Å². The molecule has 2 aliphatic rings. The van der Waals surface area contributed by atoms with Gasteiger partial charge in [-0.25, -0.2) is 5.48 Å². The standard InChI is InChI=1S/C11H18N2O4/c14-10-3-1-2-9(12-10)11(15)13-17-8-4-6-16-7-5-8/h8-9H,1-7H2,(H,12,14)(H,13,15)/t9-/m1/s1. The molecule has 0 bridgehead atoms. The predicted molar refractivity (Wildman–Crippen MR) is 58.9 cm³/mol. The Morgan fingerprint density at radius 3 is 2.82 bits per heavy atom. The van der Waals surface area contributed by atoms with Crippen molar-refractivity contribution >= 4 is 11.8 Å². The molecule has 0 saturated carbocycles. The van der Waals surface area contributed by atoms with Crippen LogP contribution in [-0.4, -0.2) is 37.2 Å². The van der Waals surface area contributed by atoms with Crippen molar-refractivity contribution in [3.8, 4) is 0 Å². The normalized spacial score (nSPS) is 26.4. The first-order valence-electron chi connectivity index (χ1n) is 6.08. The van der Waals surface area contributed by atoms with Crippen molar-refractivity contribution in [1.29, 1.82) is 0 Å². The van der Waals surface area contributed by atoms with Gasteiger partial charge in [-0.2, -0.15) is 0 Å². The monoisotopic (exact) mass is 242 g/mol. The minimum Gasteiger partial charge on any atom is -0.381 e. The van der Waals surface area contributed by atoms with Crippen LogP contribution in [0.3, 0.4) is 0 Å². The summed E-state index contributed by atoms with van der Waals surface area (Å²) in [5, 5.41) is 2.65. The third-order valence-corrected chi connectivity index (χ3v) is 3.04. The minimum absolute atomic E-state index is 0.0204. The number of ether oxygens (including phenoxy) is 1. The quantitative estimate of drug-likeness (QED) is 0.677. The van der Waals surface area contributed by atoms with E-state index in [2.05, 4.69) is 10.8 Å². The van der Waals surface area contributed by atoms with Gasteiger partial charge in [0.05, 0.1) is 6.10 Å². The lowest BCUT2D eigenvalue weighted by molar-refractivity contribution is -0.148. The fraction of sp³-hybridized carbons (Fsp3) is 0.818. The molecule has 96 valence electrons. The highest BCUT2D eigenvalue weighted by molar-refractivity contribution is 5.88. The Hall–Kier alpha value is -1.14. The fourth-order valence-corrected chi connectivity index (χ4v) is 2.01. The molecule has 0 spiro atoms. The number of rotatable bonds is 3. The lowest BCUT2D eigenvalue weighted by Gasteiger charge is -2.25. The zero-order valence-electron chi connectivity index (χ0n) is 9.74. The molecule has 2 N–H and O–H groups in total. The van der Waals surface area contributed by atoms with Crippen LogP contribution in [0.1, 0.15) is 32.1 Å². The molecular formula is C11H18N2O4. The number of piperidine rings is 1. The molecule has 0 radical (unpaired) electrons. The van der Waals surface area contributed by atoms with E-state index in [0.717, 1.165) is 19.3 Å². The van der Waals surface area contributed by atoms with Crippen molar-refractivity contribution in [2.75, 3.05) is 13.2 Å². The van der Waals surface area contributed by atoms with Crippen molar-refractivity contribution < 1.29 is 19.2 Å². The molecule has 0 aromatic heterocycles. The molecular weight excluding hydrogens is 224 g/mol. The van der Waals surface area contributed by atoms with Crippen molar-refractivity contribution in [3.05, 3.63) is 0 Å². The number of amides is 2. The van der Waals surface area contributed by atoms with Crippen LogP contribution in [0.2, 0.25) is 0 Å². The van der Waals surface area contributed by atoms with Gasteiger partial charge in [-0.1, -0.05) is 0 Å². The van der Waals surface area contributed by atoms with Crippen LogP contribution in [0.5, 0.6) is 0 Å². The highest BCUT2D eigenvalue weighted by Gasteiger charge is 2.25. The van der Waals surface area contributed by atoms with Crippen molar-refractivity contribution in [1.82, 2.24) is 10.8 Å². The predicted octanol–water partition coefficient (Wildman–Crippen LogP) is -0.118. The molecule has 6 nitrogen and oxygen atoms in total. The van der Waals surface area contributed by atoms with Gasteiger partial charge in [-0.05, 0) is 25.7 Å². The van der Waals surface area contributed by atoms with Crippen LogP contribution in [0.25, 0.3) is 0 Å². The Kier molecular flexibility index (Phi) is 4.33. The van der Waals surface area contributed by atoms with E-state index in [4.69, 9.17) is 9.57 Å². The Labute approximate surface area is 100.0 Å². The molecule has 17 heavy (non-hydrogen) atoms. The highest BCUT2D eigenvalue weighted by atomic mass is 16.7. The minimum atomic E-state index is -0.448. The molecule has 0 aliphatic carbocycles. The summed E-state index contributed by atoms with van der Waals surface area (Å²) in [5.74, 6) is -0.327. The van der Waals surface area contributed by atoms with E-state index in [0.29, 0.717) is 26.1 Å². The summed E-state index contributed by atoms with van der Waals surface area (Å²) in [6.07, 6.45) is 3.53. The van der Waals surface area contributed by atoms with E-state index >= 15 is 0 Å². The van der Waals surface area contributed by atoms with Crippen molar-refractivity contribution in [2.24, 2.45) is 0 Å². The van der Waals surface area contributed by atoms with Crippen LogP contribution in [0, 0.1) is 0 Å². The average molecular weight is 242 g/mol. The summed E-state index contributed by atoms with van der Waals surface area (Å²) in [7, 11) is 0. The summed E-state index contributed by atoms with van der Waals surface area (Å²) >= 11 is 0. The second-order valence-corrected chi connectivity index (χ2v) is 4.41. The van der Waals surface area contributed by atoms with Crippen LogP contribution >= 0.6 is 0 Å². The number of hydrogen-bond acceptors (Lipinski definition) is 4. The first-order chi connectivity index (χ1) is 8.25. The summed E-state index contributed by atoms with van der Waals surface area (Å²) < 4.78 is 5.19. The van der Waals surface area contributed by atoms with Crippen molar-refractivity contribution in [3.63, 3.8) is 0 Å². The molecule has 0 aromatic carbocycles. The van der Waals surface area contributed by atoms with Gasteiger partial charge in [0.25, 0.3) is 5.91 Å². The van der Waals surface area contributed by atoms with Gasteiger partial charge in [-0.3, -0.25) is 14.4 Å². The summed E-state index contributed by atoms with van der Waals surface area (Å²) in [6, 6.07) is -0.448. The van der Waals surface area contributed by atoms with E-state index in [-0.39, 0.29) is 17.9 Å². The van der Waals surface area contributed by atoms with Crippen LogP contribution in [0.15, 0.2) is 0 Å². The Morgan fingerprint density at radius 1 is 1.35 bits per heavy atom. The molecule has 2 saturated heterocycles. The van der Waals surface area contributed by atoms with Crippen molar-refractivity contribution in [2.45, 2.75) is 44.2 Å². The van der Waals surface area contributed by atoms with E-state index in [1.54, 1.807) is 0 Å². The maximum Gasteiger partial charge on any atom is 0.266 e. The van der Waals surface area contributed by atoms with Gasteiger partial charge >= 0.3 is 0 Å². The van der Waals surface area contributed by atoms with Gasteiger partial charge in [0, 0.05) is 19.6 Å². The topological polar surface area (TPSA) is 76.7 Å². The van der Waals surface area contributed by atoms with Crippen LogP contribution < -0.4 is 10.8 Å². The zero-order chi connectivity index (χ0) is 12.1. The highest BCUT2D eigenvalue weighted by Crippen LogP contribution is 2.11. The second-order valence-electron chi connectivity index (χ2n) is 4.41.